The number of halogens is 1. The summed E-state index contributed by atoms with van der Waals surface area (Å²) in [4.78, 5) is 25.7. The highest BCUT2D eigenvalue weighted by Gasteiger charge is 2.12. The van der Waals surface area contributed by atoms with E-state index in [9.17, 15) is 14.0 Å². The van der Waals surface area contributed by atoms with Gasteiger partial charge in [-0.3, -0.25) is 4.79 Å². The molecule has 0 amide bonds. The maximum Gasteiger partial charge on any atom is 0.343 e. The van der Waals surface area contributed by atoms with Crippen LogP contribution in [0.15, 0.2) is 29.2 Å². The molecule has 82 valence electrons. The Bertz CT molecular complexity index is 618. The quantitative estimate of drug-likeness (QED) is 0.741. The van der Waals surface area contributed by atoms with Crippen LogP contribution in [0.3, 0.4) is 0 Å². The molecule has 0 radical (unpaired) electrons. The van der Waals surface area contributed by atoms with Crippen molar-refractivity contribution in [2.24, 2.45) is 0 Å². The topological polar surface area (TPSA) is 59.2 Å². The predicted molar refractivity (Wildman–Crippen MR) is 55.9 cm³/mol. The number of esters is 1. The summed E-state index contributed by atoms with van der Waals surface area (Å²) >= 11 is 0. The van der Waals surface area contributed by atoms with Crippen molar-refractivity contribution in [3.05, 3.63) is 46.0 Å². The fourth-order valence-electron chi connectivity index (χ4n) is 1.46. The number of nitrogens with one attached hydrogen (secondary N) is 1. The first-order valence-corrected chi connectivity index (χ1v) is 4.52. The molecular weight excluding hydrogens is 213 g/mol. The van der Waals surface area contributed by atoms with Gasteiger partial charge >= 0.3 is 5.97 Å². The Hall–Kier alpha value is -2.17. The molecule has 0 unspecified atom stereocenters. The molecule has 2 aromatic rings. The number of methoxy groups -OCH3 is 1. The number of H-pyrrole nitrogens is 1. The number of pyridine rings is 1. The van der Waals surface area contributed by atoms with Gasteiger partial charge in [-0.1, -0.05) is 0 Å². The van der Waals surface area contributed by atoms with Crippen LogP contribution >= 0.6 is 0 Å². The Labute approximate surface area is 89.7 Å². The van der Waals surface area contributed by atoms with Crippen LogP contribution in [0.4, 0.5) is 4.39 Å². The van der Waals surface area contributed by atoms with E-state index in [4.69, 9.17) is 0 Å². The summed E-state index contributed by atoms with van der Waals surface area (Å²) in [6.07, 6.45) is 1.22. The molecule has 0 aliphatic heterocycles. The van der Waals surface area contributed by atoms with Gasteiger partial charge in [-0.25, -0.2) is 9.18 Å². The lowest BCUT2D eigenvalue weighted by Gasteiger charge is -2.01. The number of benzene rings is 1. The number of carbonyl (C=O) groups is 1. The summed E-state index contributed by atoms with van der Waals surface area (Å²) in [6, 6.07) is 3.69. The molecule has 1 N–H and O–H groups in total. The SMILES string of the molecule is COC(=O)c1c[nH]c2cc(F)ccc2c1=O. The van der Waals surface area contributed by atoms with Gasteiger partial charge in [-0.15, -0.1) is 0 Å². The molecule has 1 aromatic carbocycles. The molecule has 0 saturated carbocycles. The highest BCUT2D eigenvalue weighted by atomic mass is 19.1. The first-order chi connectivity index (χ1) is 7.63. The van der Waals surface area contributed by atoms with E-state index in [1.54, 1.807) is 0 Å². The Morgan fingerprint density at radius 2 is 2.19 bits per heavy atom. The number of carbonyl (C=O) groups excluding carboxylic acids is 1. The third kappa shape index (κ3) is 1.56. The maximum absolute atomic E-state index is 12.9. The molecule has 0 aliphatic carbocycles. The van der Waals surface area contributed by atoms with Crippen LogP contribution in [0, 0.1) is 5.82 Å². The minimum atomic E-state index is -0.715. The predicted octanol–water partition coefficient (Wildman–Crippen LogP) is 1.45. The number of aromatic nitrogens is 1. The van der Waals surface area contributed by atoms with Crippen molar-refractivity contribution in [3.8, 4) is 0 Å². The zero-order valence-corrected chi connectivity index (χ0v) is 8.41. The van der Waals surface area contributed by atoms with Gasteiger partial charge < -0.3 is 9.72 Å². The number of fused-ring (bicyclic) bond motifs is 1. The Balaban J connectivity index is 2.76. The molecule has 0 saturated heterocycles. The molecule has 4 nitrogen and oxygen atoms in total. The second-order valence-corrected chi connectivity index (χ2v) is 3.21. The number of hydrogen-bond donors (Lipinski definition) is 1. The number of hydrogen-bond acceptors (Lipinski definition) is 3. The lowest BCUT2D eigenvalue weighted by molar-refractivity contribution is 0.0599. The van der Waals surface area contributed by atoms with Crippen molar-refractivity contribution in [3.63, 3.8) is 0 Å². The molecule has 0 aliphatic rings. The summed E-state index contributed by atoms with van der Waals surface area (Å²) in [5.41, 5.74) is -0.222. The van der Waals surface area contributed by atoms with Gasteiger partial charge in [0.25, 0.3) is 0 Å². The molecule has 0 fully saturated rings. The van der Waals surface area contributed by atoms with Crippen LogP contribution in [0.1, 0.15) is 10.4 Å². The van der Waals surface area contributed by atoms with E-state index < -0.39 is 17.2 Å². The molecule has 1 heterocycles. The van der Waals surface area contributed by atoms with Gasteiger partial charge in [0, 0.05) is 11.6 Å². The van der Waals surface area contributed by atoms with E-state index in [1.165, 1.54) is 31.5 Å². The van der Waals surface area contributed by atoms with Gasteiger partial charge in [-0.2, -0.15) is 0 Å². The van der Waals surface area contributed by atoms with Crippen LogP contribution in [-0.2, 0) is 4.74 Å². The molecule has 5 heteroatoms. The maximum atomic E-state index is 12.9. The molecule has 0 atom stereocenters. The summed E-state index contributed by atoms with van der Waals surface area (Å²) in [7, 11) is 1.19. The minimum Gasteiger partial charge on any atom is -0.465 e. The smallest absolute Gasteiger partial charge is 0.343 e. The minimum absolute atomic E-state index is 0.0957. The van der Waals surface area contributed by atoms with Gasteiger partial charge in [0.05, 0.1) is 12.6 Å². The second-order valence-electron chi connectivity index (χ2n) is 3.21. The summed E-state index contributed by atoms with van der Waals surface area (Å²) in [5, 5.41) is 0.254. The molecule has 0 bridgehead atoms. The molecule has 0 spiro atoms. The van der Waals surface area contributed by atoms with Crippen molar-refractivity contribution < 1.29 is 13.9 Å². The number of ether oxygens (including phenoxy) is 1. The van der Waals surface area contributed by atoms with Gasteiger partial charge in [0.2, 0.25) is 5.43 Å². The zero-order valence-electron chi connectivity index (χ0n) is 8.41. The van der Waals surface area contributed by atoms with E-state index in [0.717, 1.165) is 0 Å². The number of aromatic amines is 1. The van der Waals surface area contributed by atoms with Crippen LogP contribution < -0.4 is 5.43 Å². The Morgan fingerprint density at radius 1 is 1.44 bits per heavy atom. The van der Waals surface area contributed by atoms with E-state index in [2.05, 4.69) is 9.72 Å². The van der Waals surface area contributed by atoms with E-state index in [1.807, 2.05) is 0 Å². The van der Waals surface area contributed by atoms with Crippen LogP contribution in [0.5, 0.6) is 0 Å². The summed E-state index contributed by atoms with van der Waals surface area (Å²) < 4.78 is 17.3. The van der Waals surface area contributed by atoms with Crippen LogP contribution in [0.25, 0.3) is 10.9 Å². The van der Waals surface area contributed by atoms with Crippen LogP contribution in [-0.4, -0.2) is 18.1 Å². The average molecular weight is 221 g/mol. The highest BCUT2D eigenvalue weighted by Crippen LogP contribution is 2.10. The monoisotopic (exact) mass is 221 g/mol. The lowest BCUT2D eigenvalue weighted by atomic mass is 10.1. The molecule has 1 aromatic heterocycles. The lowest BCUT2D eigenvalue weighted by Crippen LogP contribution is -2.16. The zero-order chi connectivity index (χ0) is 11.7. The Kier molecular flexibility index (Phi) is 2.44. The standard InChI is InChI=1S/C11H8FNO3/c1-16-11(15)8-5-13-9-4-6(12)2-3-7(9)10(8)14/h2-5H,1H3,(H,13,14). The molecule has 2 rings (SSSR count). The fraction of sp³-hybridized carbons (Fsp3) is 0.0909. The van der Waals surface area contributed by atoms with Gasteiger partial charge in [0.15, 0.2) is 0 Å². The van der Waals surface area contributed by atoms with E-state index in [-0.39, 0.29) is 10.9 Å². The fourth-order valence-corrected chi connectivity index (χ4v) is 1.46. The van der Waals surface area contributed by atoms with E-state index >= 15 is 0 Å². The van der Waals surface area contributed by atoms with E-state index in [0.29, 0.717) is 5.52 Å². The van der Waals surface area contributed by atoms with Gasteiger partial charge in [-0.05, 0) is 18.2 Å². The third-order valence-corrected chi connectivity index (χ3v) is 2.25. The number of rotatable bonds is 1. The van der Waals surface area contributed by atoms with Crippen molar-refractivity contribution in [2.45, 2.75) is 0 Å². The van der Waals surface area contributed by atoms with Crippen LogP contribution in [0.2, 0.25) is 0 Å². The van der Waals surface area contributed by atoms with Crippen molar-refractivity contribution in [1.29, 1.82) is 0 Å². The molecular formula is C11H8FNO3. The summed E-state index contributed by atoms with van der Waals surface area (Å²) in [5.74, 6) is -1.17. The first-order valence-electron chi connectivity index (χ1n) is 4.52. The summed E-state index contributed by atoms with van der Waals surface area (Å²) in [6.45, 7) is 0. The van der Waals surface area contributed by atoms with Crippen molar-refractivity contribution >= 4 is 16.9 Å². The van der Waals surface area contributed by atoms with Gasteiger partial charge in [0.1, 0.15) is 11.4 Å². The largest absolute Gasteiger partial charge is 0.465 e. The van der Waals surface area contributed by atoms with Crippen molar-refractivity contribution in [1.82, 2.24) is 4.98 Å². The second kappa shape index (κ2) is 3.77. The van der Waals surface area contributed by atoms with Crippen molar-refractivity contribution in [2.75, 3.05) is 7.11 Å². The first kappa shape index (κ1) is 10.4. The normalized spacial score (nSPS) is 10.4. The highest BCUT2D eigenvalue weighted by molar-refractivity contribution is 5.93. The molecule has 16 heavy (non-hydrogen) atoms. The average Bonchev–Trinajstić information content (AvgIpc) is 2.28. The third-order valence-electron chi connectivity index (χ3n) is 2.25. The Morgan fingerprint density at radius 3 is 2.88 bits per heavy atom.